The van der Waals surface area contributed by atoms with E-state index < -0.39 is 6.04 Å². The molecule has 1 atom stereocenters. The number of halogens is 1. The van der Waals surface area contributed by atoms with E-state index in [1.165, 1.54) is 14.2 Å². The molecule has 0 aliphatic rings. The molecule has 1 aromatic rings. The van der Waals surface area contributed by atoms with Gasteiger partial charge < -0.3 is 5.32 Å². The lowest BCUT2D eigenvalue weighted by Crippen LogP contribution is -2.47. The summed E-state index contributed by atoms with van der Waals surface area (Å²) in [6, 6.07) is 6.49. The fraction of sp³-hybridized carbons (Fsp3) is 0.429. The highest BCUT2D eigenvalue weighted by atomic mass is 79.9. The second kappa shape index (κ2) is 9.07. The molecule has 2 amide bonds. The van der Waals surface area contributed by atoms with Gasteiger partial charge in [-0.2, -0.15) is 11.8 Å². The number of rotatable bonds is 7. The van der Waals surface area contributed by atoms with Gasteiger partial charge in [-0.1, -0.05) is 12.1 Å². The fourth-order valence-electron chi connectivity index (χ4n) is 1.68. The smallest absolute Gasteiger partial charge is 0.268 e. The quantitative estimate of drug-likeness (QED) is 0.744. The highest BCUT2D eigenvalue weighted by molar-refractivity contribution is 9.10. The monoisotopic (exact) mass is 374 g/mol. The lowest BCUT2D eigenvalue weighted by atomic mass is 10.1. The second-order valence-electron chi connectivity index (χ2n) is 4.31. The van der Waals surface area contributed by atoms with E-state index in [9.17, 15) is 9.59 Å². The van der Waals surface area contributed by atoms with Crippen LogP contribution in [0.2, 0.25) is 0 Å². The van der Waals surface area contributed by atoms with Crippen LogP contribution in [-0.2, 0) is 9.63 Å². The van der Waals surface area contributed by atoms with Crippen LogP contribution in [0.1, 0.15) is 16.8 Å². The maximum absolute atomic E-state index is 12.3. The first kappa shape index (κ1) is 18.0. The Bertz CT molecular complexity index is 499. The van der Waals surface area contributed by atoms with Crippen molar-refractivity contribution in [2.24, 2.45) is 0 Å². The number of hydrogen-bond acceptors (Lipinski definition) is 4. The Kier molecular flexibility index (Phi) is 7.77. The van der Waals surface area contributed by atoms with Gasteiger partial charge in [-0.15, -0.1) is 0 Å². The van der Waals surface area contributed by atoms with Gasteiger partial charge in [-0.05, 0) is 46.5 Å². The summed E-state index contributed by atoms with van der Waals surface area (Å²) in [6.45, 7) is 0. The third kappa shape index (κ3) is 5.33. The predicted octanol–water partition coefficient (Wildman–Crippen LogP) is 2.32. The Morgan fingerprint density at radius 1 is 1.43 bits per heavy atom. The van der Waals surface area contributed by atoms with Crippen LogP contribution in [0.5, 0.6) is 0 Å². The molecular weight excluding hydrogens is 356 g/mol. The van der Waals surface area contributed by atoms with Crippen LogP contribution >= 0.6 is 27.7 Å². The van der Waals surface area contributed by atoms with E-state index in [0.29, 0.717) is 16.5 Å². The lowest BCUT2D eigenvalue weighted by Gasteiger charge is -2.22. The van der Waals surface area contributed by atoms with Crippen LogP contribution in [0.15, 0.2) is 28.7 Å². The molecule has 7 heteroatoms. The highest BCUT2D eigenvalue weighted by Crippen LogP contribution is 2.16. The Morgan fingerprint density at radius 3 is 2.67 bits per heavy atom. The zero-order valence-electron chi connectivity index (χ0n) is 12.3. The number of carbonyl (C=O) groups excluding carboxylic acids is 2. The van der Waals surface area contributed by atoms with Crippen molar-refractivity contribution in [1.82, 2.24) is 10.4 Å². The number of benzene rings is 1. The van der Waals surface area contributed by atoms with Crippen LogP contribution in [0.4, 0.5) is 0 Å². The van der Waals surface area contributed by atoms with E-state index in [-0.39, 0.29) is 11.8 Å². The maximum Gasteiger partial charge on any atom is 0.268 e. The molecule has 116 valence electrons. The summed E-state index contributed by atoms with van der Waals surface area (Å²) in [4.78, 5) is 29.4. The summed E-state index contributed by atoms with van der Waals surface area (Å²) in [5.74, 6) is 0.211. The van der Waals surface area contributed by atoms with Crippen LogP contribution in [0.3, 0.4) is 0 Å². The molecule has 1 N–H and O–H groups in total. The average molecular weight is 375 g/mol. The Morgan fingerprint density at radius 2 is 2.10 bits per heavy atom. The SMILES string of the molecule is CON(C)C(=O)C(CCSC)NC(=O)c1ccccc1Br. The van der Waals surface area contributed by atoms with Gasteiger partial charge in [-0.3, -0.25) is 14.4 Å². The molecule has 0 heterocycles. The van der Waals surface area contributed by atoms with Crippen LogP contribution < -0.4 is 5.32 Å². The van der Waals surface area contributed by atoms with E-state index in [1.807, 2.05) is 12.3 Å². The van der Waals surface area contributed by atoms with E-state index >= 15 is 0 Å². The van der Waals surface area contributed by atoms with Crippen molar-refractivity contribution in [3.63, 3.8) is 0 Å². The van der Waals surface area contributed by atoms with E-state index in [2.05, 4.69) is 21.2 Å². The molecule has 0 fully saturated rings. The Balaban J connectivity index is 2.83. The third-order valence-electron chi connectivity index (χ3n) is 2.92. The van der Waals surface area contributed by atoms with Gasteiger partial charge in [0.1, 0.15) is 6.04 Å². The molecule has 0 aromatic heterocycles. The first-order chi connectivity index (χ1) is 10.0. The normalized spacial score (nSPS) is 11.8. The zero-order chi connectivity index (χ0) is 15.8. The molecule has 5 nitrogen and oxygen atoms in total. The first-order valence-corrected chi connectivity index (χ1v) is 8.56. The number of amides is 2. The molecule has 21 heavy (non-hydrogen) atoms. The van der Waals surface area contributed by atoms with Crippen molar-refractivity contribution < 1.29 is 14.4 Å². The molecule has 0 saturated heterocycles. The van der Waals surface area contributed by atoms with E-state index in [4.69, 9.17) is 4.84 Å². The number of hydrogen-bond donors (Lipinski definition) is 1. The van der Waals surface area contributed by atoms with Gasteiger partial charge in [-0.25, -0.2) is 5.06 Å². The Labute approximate surface area is 137 Å². The first-order valence-electron chi connectivity index (χ1n) is 6.37. The summed E-state index contributed by atoms with van der Waals surface area (Å²) in [5.41, 5.74) is 0.500. The number of carbonyl (C=O) groups is 2. The molecule has 0 spiro atoms. The molecule has 1 unspecified atom stereocenters. The number of hydroxylamine groups is 2. The molecular formula is C14H19BrN2O3S. The van der Waals surface area contributed by atoms with Crippen molar-refractivity contribution in [3.8, 4) is 0 Å². The summed E-state index contributed by atoms with van der Waals surface area (Å²) >= 11 is 4.95. The number of likely N-dealkylation sites (N-methyl/N-ethyl adjacent to an activating group) is 1. The number of nitrogens with one attached hydrogen (secondary N) is 1. The second-order valence-corrected chi connectivity index (χ2v) is 6.15. The van der Waals surface area contributed by atoms with Crippen LogP contribution in [-0.4, -0.2) is 49.1 Å². The van der Waals surface area contributed by atoms with Gasteiger partial charge >= 0.3 is 0 Å². The minimum Gasteiger partial charge on any atom is -0.340 e. The van der Waals surface area contributed by atoms with Gasteiger partial charge in [0, 0.05) is 11.5 Å². The molecule has 0 bridgehead atoms. The average Bonchev–Trinajstić information content (AvgIpc) is 2.50. The molecule has 1 rings (SSSR count). The highest BCUT2D eigenvalue weighted by Gasteiger charge is 2.24. The lowest BCUT2D eigenvalue weighted by molar-refractivity contribution is -0.170. The molecule has 0 aliphatic carbocycles. The summed E-state index contributed by atoms with van der Waals surface area (Å²) < 4.78 is 0.693. The summed E-state index contributed by atoms with van der Waals surface area (Å²) in [6.07, 6.45) is 2.50. The zero-order valence-corrected chi connectivity index (χ0v) is 14.7. The van der Waals surface area contributed by atoms with Crippen LogP contribution in [0, 0.1) is 0 Å². The largest absolute Gasteiger partial charge is 0.340 e. The Hall–Kier alpha value is -1.05. The van der Waals surface area contributed by atoms with Crippen molar-refractivity contribution in [3.05, 3.63) is 34.3 Å². The van der Waals surface area contributed by atoms with E-state index in [1.54, 1.807) is 30.0 Å². The maximum atomic E-state index is 12.3. The molecule has 0 saturated carbocycles. The van der Waals surface area contributed by atoms with Gasteiger partial charge in [0.25, 0.3) is 11.8 Å². The third-order valence-corrected chi connectivity index (χ3v) is 4.25. The molecule has 1 aromatic carbocycles. The van der Waals surface area contributed by atoms with Gasteiger partial charge in [0.15, 0.2) is 0 Å². The van der Waals surface area contributed by atoms with Gasteiger partial charge in [0.2, 0.25) is 0 Å². The standard InChI is InChI=1S/C14H19BrN2O3S/c1-17(20-2)14(19)12(8-9-21-3)16-13(18)10-6-4-5-7-11(10)15/h4-7,12H,8-9H2,1-3H3,(H,16,18). The minimum absolute atomic E-state index is 0.271. The number of nitrogens with zero attached hydrogens (tertiary/aromatic N) is 1. The predicted molar refractivity (Wildman–Crippen MR) is 88.2 cm³/mol. The fourth-order valence-corrected chi connectivity index (χ4v) is 2.62. The van der Waals surface area contributed by atoms with Crippen molar-refractivity contribution in [1.29, 1.82) is 0 Å². The summed E-state index contributed by atoms with van der Waals surface area (Å²) in [5, 5.41) is 3.90. The minimum atomic E-state index is -0.609. The van der Waals surface area contributed by atoms with E-state index in [0.717, 1.165) is 10.8 Å². The summed E-state index contributed by atoms with van der Waals surface area (Å²) in [7, 11) is 2.94. The topological polar surface area (TPSA) is 58.6 Å². The van der Waals surface area contributed by atoms with Gasteiger partial charge in [0.05, 0.1) is 12.7 Å². The molecule has 0 aliphatic heterocycles. The number of thioether (sulfide) groups is 1. The van der Waals surface area contributed by atoms with Crippen molar-refractivity contribution >= 4 is 39.5 Å². The van der Waals surface area contributed by atoms with Crippen LogP contribution in [0.25, 0.3) is 0 Å². The van der Waals surface area contributed by atoms with Crippen molar-refractivity contribution in [2.45, 2.75) is 12.5 Å². The molecule has 0 radical (unpaired) electrons. The van der Waals surface area contributed by atoms with Crippen molar-refractivity contribution in [2.75, 3.05) is 26.2 Å².